The van der Waals surface area contributed by atoms with Crippen molar-refractivity contribution in [3.63, 3.8) is 0 Å². The number of ether oxygens (including phenoxy) is 1. The molecule has 0 aliphatic carbocycles. The summed E-state index contributed by atoms with van der Waals surface area (Å²) in [7, 11) is 1.80. The number of nitrogens with two attached hydrogens (primary N) is 1. The van der Waals surface area contributed by atoms with Gasteiger partial charge in [0, 0.05) is 18.8 Å². The van der Waals surface area contributed by atoms with Gasteiger partial charge in [0.2, 0.25) is 0 Å². The molecular formula is C18H15ClF3N5O. The molecule has 28 heavy (non-hydrogen) atoms. The summed E-state index contributed by atoms with van der Waals surface area (Å²) in [4.78, 5) is 10.1. The van der Waals surface area contributed by atoms with Crippen molar-refractivity contribution < 1.29 is 17.9 Å². The van der Waals surface area contributed by atoms with E-state index in [2.05, 4.69) is 15.3 Å². The third-order valence-electron chi connectivity index (χ3n) is 4.53. The minimum absolute atomic E-state index is 0.0356. The van der Waals surface area contributed by atoms with Crippen LogP contribution in [0.2, 0.25) is 5.02 Å². The van der Waals surface area contributed by atoms with Crippen LogP contribution < -0.4 is 26.4 Å². The number of nitrogen functional groups attached to an aromatic ring is 1. The number of hydrogen-bond donors (Lipinski definition) is 2. The molecule has 0 radical (unpaired) electrons. The Kier molecular flexibility index (Phi) is 4.15. The summed E-state index contributed by atoms with van der Waals surface area (Å²) >= 11 is 6.53. The van der Waals surface area contributed by atoms with E-state index in [-0.39, 0.29) is 34.3 Å². The van der Waals surface area contributed by atoms with Gasteiger partial charge in [0.05, 0.1) is 26.9 Å². The van der Waals surface area contributed by atoms with E-state index in [0.717, 1.165) is 0 Å². The second kappa shape index (κ2) is 6.30. The van der Waals surface area contributed by atoms with Crippen molar-refractivity contribution in [2.45, 2.75) is 13.1 Å². The van der Waals surface area contributed by atoms with Crippen molar-refractivity contribution in [1.29, 1.82) is 0 Å². The van der Waals surface area contributed by atoms with E-state index in [0.29, 0.717) is 22.1 Å². The highest BCUT2D eigenvalue weighted by Gasteiger charge is 2.37. The monoisotopic (exact) mass is 409 g/mol. The van der Waals surface area contributed by atoms with Gasteiger partial charge in [-0.25, -0.2) is 4.98 Å². The third-order valence-corrected chi connectivity index (χ3v) is 4.91. The van der Waals surface area contributed by atoms with Crippen LogP contribution in [0.1, 0.15) is 11.1 Å². The minimum Gasteiger partial charge on any atom is -0.463 e. The maximum absolute atomic E-state index is 13.8. The van der Waals surface area contributed by atoms with Gasteiger partial charge in [-0.3, -0.25) is 4.99 Å². The molecule has 0 saturated carbocycles. The van der Waals surface area contributed by atoms with Crippen molar-refractivity contribution in [1.82, 2.24) is 15.2 Å². The smallest absolute Gasteiger partial charge is 0.418 e. The van der Waals surface area contributed by atoms with Gasteiger partial charge < -0.3 is 20.7 Å². The molecule has 10 heteroatoms. The number of anilines is 1. The van der Waals surface area contributed by atoms with Crippen LogP contribution in [-0.4, -0.2) is 23.6 Å². The fourth-order valence-electron chi connectivity index (χ4n) is 3.37. The lowest BCUT2D eigenvalue weighted by molar-refractivity contribution is -0.137. The van der Waals surface area contributed by atoms with Gasteiger partial charge in [0.15, 0.2) is 0 Å². The lowest BCUT2D eigenvalue weighted by atomic mass is 9.99. The number of nitrogens with one attached hydrogen (secondary N) is 1. The van der Waals surface area contributed by atoms with Crippen LogP contribution in [0.4, 0.5) is 19.0 Å². The quantitative estimate of drug-likeness (QED) is 0.756. The second-order valence-electron chi connectivity index (χ2n) is 6.40. The standard InChI is InChI=1S/C18H15ClF3N5O/c1-8-5-11(23)26-15(13(8)18(20,21)22)9-6-10-12-16(14(9)19)24-7-25-17(12)27(2)3-4-28-10/h3-6,25H,7H2,1-2H3,(H2,23,26). The van der Waals surface area contributed by atoms with Gasteiger partial charge in [0.25, 0.3) is 0 Å². The fraction of sp³-hybridized carbons (Fsp3) is 0.222. The zero-order chi connectivity index (χ0) is 20.2. The number of alkyl halides is 3. The average molecular weight is 410 g/mol. The molecule has 1 aromatic heterocycles. The molecule has 3 heterocycles. The maximum Gasteiger partial charge on any atom is 0.418 e. The molecule has 0 atom stereocenters. The van der Waals surface area contributed by atoms with Crippen LogP contribution in [0, 0.1) is 6.92 Å². The molecule has 0 saturated heterocycles. The Labute approximate surface area is 162 Å². The summed E-state index contributed by atoms with van der Waals surface area (Å²) in [6, 6.07) is 2.62. The molecule has 6 nitrogen and oxygen atoms in total. The fourth-order valence-corrected chi connectivity index (χ4v) is 3.66. The Morgan fingerprint density at radius 1 is 1.32 bits per heavy atom. The van der Waals surface area contributed by atoms with Crippen molar-refractivity contribution in [2.75, 3.05) is 19.5 Å². The highest BCUT2D eigenvalue weighted by molar-refractivity contribution is 6.33. The zero-order valence-electron chi connectivity index (χ0n) is 14.9. The molecule has 0 fully saturated rings. The largest absolute Gasteiger partial charge is 0.463 e. The topological polar surface area (TPSA) is 75.8 Å². The first kappa shape index (κ1) is 18.4. The normalized spacial score (nSPS) is 15.4. The van der Waals surface area contributed by atoms with Gasteiger partial charge in [-0.05, 0) is 24.6 Å². The molecule has 1 aromatic carbocycles. The van der Waals surface area contributed by atoms with E-state index < -0.39 is 11.7 Å². The summed E-state index contributed by atoms with van der Waals surface area (Å²) < 4.78 is 46.9. The van der Waals surface area contributed by atoms with Crippen molar-refractivity contribution in [3.05, 3.63) is 51.3 Å². The van der Waals surface area contributed by atoms with Crippen LogP contribution in [0.5, 0.6) is 5.75 Å². The van der Waals surface area contributed by atoms with Gasteiger partial charge in [-0.2, -0.15) is 13.2 Å². The second-order valence-corrected chi connectivity index (χ2v) is 6.78. The zero-order valence-corrected chi connectivity index (χ0v) is 15.6. The summed E-state index contributed by atoms with van der Waals surface area (Å²) in [5, 5.41) is 4.08. The van der Waals surface area contributed by atoms with E-state index in [4.69, 9.17) is 22.1 Å². The first-order chi connectivity index (χ1) is 13.2. The van der Waals surface area contributed by atoms with Crippen molar-refractivity contribution >= 4 is 23.2 Å². The summed E-state index contributed by atoms with van der Waals surface area (Å²) in [6.07, 6.45) is -1.53. The first-order valence-corrected chi connectivity index (χ1v) is 8.62. The lowest BCUT2D eigenvalue weighted by Crippen LogP contribution is -2.43. The number of aryl methyl sites for hydroxylation is 1. The number of rotatable bonds is 1. The summed E-state index contributed by atoms with van der Waals surface area (Å²) in [5.74, 6) is 0.970. The van der Waals surface area contributed by atoms with Crippen molar-refractivity contribution in [3.8, 4) is 17.0 Å². The van der Waals surface area contributed by atoms with Crippen LogP contribution >= 0.6 is 11.6 Å². The predicted octanol–water partition coefficient (Wildman–Crippen LogP) is 2.35. The Morgan fingerprint density at radius 3 is 2.79 bits per heavy atom. The third kappa shape index (κ3) is 2.82. The number of pyridine rings is 1. The highest BCUT2D eigenvalue weighted by Crippen LogP contribution is 2.41. The van der Waals surface area contributed by atoms with Crippen LogP contribution in [0.15, 0.2) is 29.6 Å². The van der Waals surface area contributed by atoms with Gasteiger partial charge in [0.1, 0.15) is 30.3 Å². The first-order valence-electron chi connectivity index (χ1n) is 8.24. The molecule has 4 rings (SSSR count). The van der Waals surface area contributed by atoms with Gasteiger partial charge >= 0.3 is 6.18 Å². The maximum atomic E-state index is 13.8. The van der Waals surface area contributed by atoms with Crippen LogP contribution in [-0.2, 0) is 6.18 Å². The summed E-state index contributed by atoms with van der Waals surface area (Å²) in [6.45, 7) is 1.55. The Morgan fingerprint density at radius 2 is 2.07 bits per heavy atom. The van der Waals surface area contributed by atoms with Crippen LogP contribution in [0.25, 0.3) is 17.1 Å². The molecule has 146 valence electrons. The predicted molar refractivity (Wildman–Crippen MR) is 98.6 cm³/mol. The Bertz CT molecular complexity index is 1140. The SMILES string of the molecule is Cc1cc(N)nc(-c2cc3c4c(c2Cl)=NCNC=4N(C)C=CO3)c1C(F)(F)F. The highest BCUT2D eigenvalue weighted by atomic mass is 35.5. The average Bonchev–Trinajstić information content (AvgIpc) is 2.76. The van der Waals surface area contributed by atoms with Crippen LogP contribution in [0.3, 0.4) is 0 Å². The van der Waals surface area contributed by atoms with E-state index >= 15 is 0 Å². The number of benzene rings is 1. The molecule has 0 amide bonds. The molecule has 0 unspecified atom stereocenters. The number of nitrogens with zero attached hydrogens (tertiary/aromatic N) is 3. The number of halogens is 4. The molecule has 3 N–H and O–H groups in total. The molecule has 0 spiro atoms. The lowest BCUT2D eigenvalue weighted by Gasteiger charge is -2.22. The Balaban J connectivity index is 2.12. The minimum atomic E-state index is -4.63. The van der Waals surface area contributed by atoms with E-state index in [1.165, 1.54) is 25.3 Å². The van der Waals surface area contributed by atoms with Gasteiger partial charge in [-0.15, -0.1) is 0 Å². The van der Waals surface area contributed by atoms with E-state index in [9.17, 15) is 13.2 Å². The van der Waals surface area contributed by atoms with Crippen molar-refractivity contribution in [2.24, 2.45) is 4.99 Å². The molecule has 2 aliphatic rings. The molecule has 2 aromatic rings. The Hall–Kier alpha value is -2.94. The number of hydrogen-bond acceptors (Lipinski definition) is 6. The molecule has 2 aliphatic heterocycles. The van der Waals surface area contributed by atoms with E-state index in [1.54, 1.807) is 18.1 Å². The van der Waals surface area contributed by atoms with Gasteiger partial charge in [-0.1, -0.05) is 11.6 Å². The molecular weight excluding hydrogens is 395 g/mol. The summed E-state index contributed by atoms with van der Waals surface area (Å²) in [5.41, 5.74) is 4.51. The number of aromatic nitrogens is 1. The van der Waals surface area contributed by atoms with E-state index in [1.807, 2.05) is 0 Å². The molecule has 0 bridgehead atoms.